The molecule has 0 amide bonds. The Morgan fingerprint density at radius 1 is 1.38 bits per heavy atom. The second-order valence-electron chi connectivity index (χ2n) is 5.58. The molecule has 1 N–H and O–H groups in total. The number of sulfonamides is 1. The summed E-state index contributed by atoms with van der Waals surface area (Å²) in [7, 11) is -3.60. The van der Waals surface area contributed by atoms with Gasteiger partial charge < -0.3 is 9.84 Å². The van der Waals surface area contributed by atoms with Gasteiger partial charge in [0.2, 0.25) is 10.0 Å². The molecule has 1 saturated heterocycles. The van der Waals surface area contributed by atoms with Crippen LogP contribution in [0.25, 0.3) is 0 Å². The fourth-order valence-electron chi connectivity index (χ4n) is 2.86. The number of aliphatic hydroxyl groups excluding tert-OH is 1. The molecule has 3 rings (SSSR count). The summed E-state index contributed by atoms with van der Waals surface area (Å²) in [5.41, 5.74) is 1.50. The van der Waals surface area contributed by atoms with Gasteiger partial charge in [-0.05, 0) is 36.1 Å². The summed E-state index contributed by atoms with van der Waals surface area (Å²) in [5.74, 6) is -0.721. The van der Waals surface area contributed by atoms with Crippen molar-refractivity contribution in [1.82, 2.24) is 4.31 Å². The number of halogens is 1. The van der Waals surface area contributed by atoms with E-state index in [2.05, 4.69) is 0 Å². The summed E-state index contributed by atoms with van der Waals surface area (Å²) in [6.07, 6.45) is 0.110. The molecule has 116 valence electrons. The third kappa shape index (κ3) is 3.11. The average molecular weight is 315 g/mol. The molecular formula is C14H18FNO4S. The molecule has 1 fully saturated rings. The first-order chi connectivity index (χ1) is 9.95. The van der Waals surface area contributed by atoms with Crippen molar-refractivity contribution in [1.29, 1.82) is 0 Å². The molecule has 7 heteroatoms. The first kappa shape index (κ1) is 14.9. The molecule has 1 aromatic rings. The Balaban J connectivity index is 1.69. The van der Waals surface area contributed by atoms with Gasteiger partial charge in [-0.1, -0.05) is 6.07 Å². The van der Waals surface area contributed by atoms with E-state index >= 15 is 0 Å². The molecule has 0 aliphatic carbocycles. The lowest BCUT2D eigenvalue weighted by Gasteiger charge is -2.21. The summed E-state index contributed by atoms with van der Waals surface area (Å²) in [6, 6.07) is 4.30. The molecule has 21 heavy (non-hydrogen) atoms. The van der Waals surface area contributed by atoms with Gasteiger partial charge in [-0.2, -0.15) is 4.31 Å². The molecule has 0 radical (unpaired) electrons. The van der Waals surface area contributed by atoms with Crippen molar-refractivity contribution in [2.75, 3.05) is 12.4 Å². The number of nitrogens with zero attached hydrogens (tertiary/aromatic N) is 1. The zero-order valence-corrected chi connectivity index (χ0v) is 12.4. The number of hydrogen-bond acceptors (Lipinski definition) is 4. The number of rotatable bonds is 4. The first-order valence-electron chi connectivity index (χ1n) is 7.00. The summed E-state index contributed by atoms with van der Waals surface area (Å²) in [5, 5.41) is 10.0. The van der Waals surface area contributed by atoms with Crippen LogP contribution in [0.1, 0.15) is 24.0 Å². The van der Waals surface area contributed by atoms with Gasteiger partial charge in [-0.3, -0.25) is 0 Å². The van der Waals surface area contributed by atoms with Crippen molar-refractivity contribution in [3.05, 3.63) is 35.1 Å². The van der Waals surface area contributed by atoms with Crippen molar-refractivity contribution >= 4 is 10.0 Å². The topological polar surface area (TPSA) is 66.8 Å². The largest absolute Gasteiger partial charge is 0.389 e. The maximum atomic E-state index is 13.2. The van der Waals surface area contributed by atoms with Crippen LogP contribution in [0, 0.1) is 5.82 Å². The number of benzene rings is 1. The van der Waals surface area contributed by atoms with Crippen molar-refractivity contribution < 1.29 is 22.7 Å². The van der Waals surface area contributed by atoms with Gasteiger partial charge >= 0.3 is 0 Å². The average Bonchev–Trinajstić information content (AvgIpc) is 3.07. The monoisotopic (exact) mass is 315 g/mol. The van der Waals surface area contributed by atoms with Crippen molar-refractivity contribution in [2.45, 2.75) is 38.1 Å². The van der Waals surface area contributed by atoms with E-state index < -0.39 is 22.2 Å². The molecule has 2 atom stereocenters. The van der Waals surface area contributed by atoms with E-state index in [1.54, 1.807) is 6.07 Å². The number of hydrogen-bond donors (Lipinski definition) is 1. The Hall–Kier alpha value is -1.02. The molecule has 0 aromatic heterocycles. The number of ether oxygens (including phenoxy) is 1. The number of fused-ring (bicyclic) bond motifs is 1. The molecule has 5 nitrogen and oxygen atoms in total. The zero-order valence-electron chi connectivity index (χ0n) is 11.5. The lowest BCUT2D eigenvalue weighted by atomic mass is 10.1. The van der Waals surface area contributed by atoms with Crippen LogP contribution in [0.5, 0.6) is 0 Å². The highest BCUT2D eigenvalue weighted by atomic mass is 32.2. The van der Waals surface area contributed by atoms with Gasteiger partial charge in [0, 0.05) is 19.7 Å². The maximum Gasteiger partial charge on any atom is 0.217 e. The van der Waals surface area contributed by atoms with Gasteiger partial charge in [0.1, 0.15) is 5.82 Å². The molecular weight excluding hydrogens is 297 g/mol. The van der Waals surface area contributed by atoms with E-state index in [4.69, 9.17) is 4.74 Å². The summed E-state index contributed by atoms with van der Waals surface area (Å²) < 4.78 is 44.5. The predicted molar refractivity (Wildman–Crippen MR) is 74.4 cm³/mol. The van der Waals surface area contributed by atoms with Crippen LogP contribution in [-0.2, 0) is 27.8 Å². The Morgan fingerprint density at radius 3 is 2.86 bits per heavy atom. The fourth-order valence-corrected chi connectivity index (χ4v) is 4.39. The lowest BCUT2D eigenvalue weighted by Crippen LogP contribution is -2.38. The van der Waals surface area contributed by atoms with Gasteiger partial charge in [0.05, 0.1) is 18.0 Å². The highest BCUT2D eigenvalue weighted by molar-refractivity contribution is 7.89. The fraction of sp³-hybridized carbons (Fsp3) is 0.571. The maximum absolute atomic E-state index is 13.2. The van der Waals surface area contributed by atoms with Crippen LogP contribution in [0.15, 0.2) is 18.2 Å². The molecule has 1 aromatic carbocycles. The highest BCUT2D eigenvalue weighted by Crippen LogP contribution is 2.27. The molecule has 2 aliphatic rings. The van der Waals surface area contributed by atoms with Crippen LogP contribution < -0.4 is 0 Å². The van der Waals surface area contributed by atoms with Crippen molar-refractivity contribution in [3.63, 3.8) is 0 Å². The van der Waals surface area contributed by atoms with Crippen LogP contribution >= 0.6 is 0 Å². The Morgan fingerprint density at radius 2 is 2.14 bits per heavy atom. The Kier molecular flexibility index (Phi) is 4.00. The summed E-state index contributed by atoms with van der Waals surface area (Å²) in [6.45, 7) is 0.958. The van der Waals surface area contributed by atoms with Crippen LogP contribution in [0.3, 0.4) is 0 Å². The van der Waals surface area contributed by atoms with E-state index in [1.807, 2.05) is 0 Å². The van der Waals surface area contributed by atoms with Crippen molar-refractivity contribution in [2.24, 2.45) is 0 Å². The standard InChI is InChI=1S/C14H18FNO4S/c15-12-4-3-10-7-16(8-11(10)6-12)21(18,19)9-13(17)14-2-1-5-20-14/h3-4,6,13-14,17H,1-2,5,7-9H2/t13-,14-/m1/s1. The second kappa shape index (κ2) is 5.64. The zero-order chi connectivity index (χ0) is 15.0. The molecule has 0 spiro atoms. The first-order valence-corrected chi connectivity index (χ1v) is 8.61. The molecule has 2 heterocycles. The third-order valence-electron chi connectivity index (χ3n) is 4.03. The minimum Gasteiger partial charge on any atom is -0.389 e. The van der Waals surface area contributed by atoms with E-state index in [-0.39, 0.29) is 24.7 Å². The lowest BCUT2D eigenvalue weighted by molar-refractivity contribution is 0.00970. The Labute approximate surface area is 123 Å². The van der Waals surface area contributed by atoms with Gasteiger partial charge in [0.15, 0.2) is 0 Å². The van der Waals surface area contributed by atoms with Gasteiger partial charge in [-0.25, -0.2) is 12.8 Å². The van der Waals surface area contributed by atoms with Crippen LogP contribution in [-0.4, -0.2) is 42.4 Å². The SMILES string of the molecule is O=S(=O)(C[C@@H](O)[C@H]1CCCO1)N1Cc2ccc(F)cc2C1. The van der Waals surface area contributed by atoms with Crippen molar-refractivity contribution in [3.8, 4) is 0 Å². The molecule has 2 aliphatic heterocycles. The van der Waals surface area contributed by atoms with E-state index in [0.29, 0.717) is 18.6 Å². The quantitative estimate of drug-likeness (QED) is 0.900. The smallest absolute Gasteiger partial charge is 0.217 e. The number of aliphatic hydroxyl groups is 1. The second-order valence-corrected chi connectivity index (χ2v) is 7.59. The molecule has 0 bridgehead atoms. The summed E-state index contributed by atoms with van der Waals surface area (Å²) in [4.78, 5) is 0. The normalized spacial score (nSPS) is 24.2. The molecule has 0 unspecified atom stereocenters. The minimum atomic E-state index is -3.60. The van der Waals surface area contributed by atoms with E-state index in [0.717, 1.165) is 12.0 Å². The Bertz CT molecular complexity index is 628. The van der Waals surface area contributed by atoms with Gasteiger partial charge in [-0.15, -0.1) is 0 Å². The van der Waals surface area contributed by atoms with Crippen LogP contribution in [0.2, 0.25) is 0 Å². The van der Waals surface area contributed by atoms with E-state index in [1.165, 1.54) is 16.4 Å². The predicted octanol–water partition coefficient (Wildman–Crippen LogP) is 1.01. The molecule has 0 saturated carbocycles. The van der Waals surface area contributed by atoms with Crippen LogP contribution in [0.4, 0.5) is 4.39 Å². The third-order valence-corrected chi connectivity index (χ3v) is 5.84. The highest BCUT2D eigenvalue weighted by Gasteiger charge is 2.34. The van der Waals surface area contributed by atoms with Gasteiger partial charge in [0.25, 0.3) is 0 Å². The minimum absolute atomic E-state index is 0.160. The van der Waals surface area contributed by atoms with E-state index in [9.17, 15) is 17.9 Å². The summed E-state index contributed by atoms with van der Waals surface area (Å²) >= 11 is 0.